The molecule has 0 saturated carbocycles. The number of carbonyl (C=O) groups excluding carboxylic acids is 1. The van der Waals surface area contributed by atoms with Crippen LogP contribution in [-0.2, 0) is 4.79 Å². The molecule has 0 saturated heterocycles. The Morgan fingerprint density at radius 1 is 1.04 bits per heavy atom. The van der Waals surface area contributed by atoms with E-state index in [-0.39, 0.29) is 5.91 Å². The van der Waals surface area contributed by atoms with Crippen molar-refractivity contribution < 1.29 is 9.53 Å². The Morgan fingerprint density at radius 3 is 2.64 bits per heavy atom. The zero-order valence-electron chi connectivity index (χ0n) is 14.3. The molecule has 0 fully saturated rings. The van der Waals surface area contributed by atoms with E-state index in [0.29, 0.717) is 5.75 Å². The monoisotopic (exact) mass is 332 g/mol. The Labute approximate surface area is 147 Å². The number of rotatable bonds is 5. The average Bonchev–Trinajstić information content (AvgIpc) is 2.61. The zero-order chi connectivity index (χ0) is 17.6. The largest absolute Gasteiger partial charge is 0.481 e. The molecule has 0 aromatic heterocycles. The van der Waals surface area contributed by atoms with E-state index in [9.17, 15) is 4.79 Å². The smallest absolute Gasteiger partial charge is 0.280 e. The molecular formula is C21H20N2O2. The molecule has 1 amide bonds. The minimum atomic E-state index is -0.643. The molecule has 1 N–H and O–H groups in total. The molecule has 3 aromatic carbocycles. The van der Waals surface area contributed by atoms with Crippen LogP contribution in [-0.4, -0.2) is 18.2 Å². The van der Waals surface area contributed by atoms with Crippen LogP contribution in [0.4, 0.5) is 0 Å². The number of aryl methyl sites for hydroxylation is 1. The van der Waals surface area contributed by atoms with Crippen LogP contribution < -0.4 is 10.2 Å². The number of hydrogen-bond acceptors (Lipinski definition) is 3. The number of nitrogens with zero attached hydrogens (tertiary/aromatic N) is 1. The Hall–Kier alpha value is -3.14. The van der Waals surface area contributed by atoms with E-state index >= 15 is 0 Å². The molecule has 0 aliphatic heterocycles. The number of benzene rings is 3. The number of ether oxygens (including phenoxy) is 1. The number of fused-ring (bicyclic) bond motifs is 1. The van der Waals surface area contributed by atoms with Crippen LogP contribution in [0.15, 0.2) is 71.8 Å². The van der Waals surface area contributed by atoms with Gasteiger partial charge in [-0.1, -0.05) is 60.2 Å². The van der Waals surface area contributed by atoms with E-state index in [0.717, 1.165) is 21.9 Å². The molecule has 1 atom stereocenters. The predicted molar refractivity (Wildman–Crippen MR) is 101 cm³/mol. The third-order valence-corrected chi connectivity index (χ3v) is 3.83. The lowest BCUT2D eigenvalue weighted by Gasteiger charge is -2.13. The highest BCUT2D eigenvalue weighted by Gasteiger charge is 2.14. The van der Waals surface area contributed by atoms with Crippen LogP contribution in [0.1, 0.15) is 18.1 Å². The van der Waals surface area contributed by atoms with Gasteiger partial charge < -0.3 is 4.74 Å². The fraction of sp³-hybridized carbons (Fsp3) is 0.143. The van der Waals surface area contributed by atoms with Crippen molar-refractivity contribution in [2.75, 3.05) is 0 Å². The summed E-state index contributed by atoms with van der Waals surface area (Å²) in [4.78, 5) is 12.1. The summed E-state index contributed by atoms with van der Waals surface area (Å²) in [5.41, 5.74) is 4.59. The van der Waals surface area contributed by atoms with E-state index in [1.807, 2.05) is 73.7 Å². The van der Waals surface area contributed by atoms with Gasteiger partial charge in [0.05, 0.1) is 6.21 Å². The minimum absolute atomic E-state index is 0.294. The number of amides is 1. The molecule has 0 bridgehead atoms. The van der Waals surface area contributed by atoms with E-state index in [2.05, 4.69) is 10.5 Å². The lowest BCUT2D eigenvalue weighted by Crippen LogP contribution is -2.33. The first kappa shape index (κ1) is 16.7. The van der Waals surface area contributed by atoms with Gasteiger partial charge in [-0.3, -0.25) is 4.79 Å². The van der Waals surface area contributed by atoms with Crippen LogP contribution in [0.5, 0.6) is 5.75 Å². The normalized spacial score (nSPS) is 12.2. The van der Waals surface area contributed by atoms with Gasteiger partial charge in [-0.05, 0) is 42.3 Å². The summed E-state index contributed by atoms with van der Waals surface area (Å²) in [5, 5.41) is 6.20. The SMILES string of the molecule is Cc1cccc(/C=N\NC(=O)[C@H](C)Oc2ccc3ccccc3c2)c1. The maximum absolute atomic E-state index is 12.1. The van der Waals surface area contributed by atoms with E-state index in [4.69, 9.17) is 4.74 Å². The van der Waals surface area contributed by atoms with Crippen molar-refractivity contribution in [3.05, 3.63) is 77.9 Å². The highest BCUT2D eigenvalue weighted by atomic mass is 16.5. The van der Waals surface area contributed by atoms with Gasteiger partial charge >= 0.3 is 0 Å². The first-order valence-electron chi connectivity index (χ1n) is 8.17. The molecule has 0 aliphatic carbocycles. The van der Waals surface area contributed by atoms with E-state index in [1.165, 1.54) is 0 Å². The molecule has 4 nitrogen and oxygen atoms in total. The van der Waals surface area contributed by atoms with Crippen molar-refractivity contribution in [2.45, 2.75) is 20.0 Å². The summed E-state index contributed by atoms with van der Waals surface area (Å²) in [6, 6.07) is 21.7. The highest BCUT2D eigenvalue weighted by molar-refractivity contribution is 5.85. The summed E-state index contributed by atoms with van der Waals surface area (Å²) in [5.74, 6) is 0.362. The quantitative estimate of drug-likeness (QED) is 0.566. The summed E-state index contributed by atoms with van der Waals surface area (Å²) in [6.45, 7) is 3.71. The summed E-state index contributed by atoms with van der Waals surface area (Å²) >= 11 is 0. The molecule has 25 heavy (non-hydrogen) atoms. The Morgan fingerprint density at radius 2 is 1.84 bits per heavy atom. The van der Waals surface area contributed by atoms with Crippen molar-refractivity contribution in [2.24, 2.45) is 5.10 Å². The fourth-order valence-electron chi connectivity index (χ4n) is 2.51. The van der Waals surface area contributed by atoms with Crippen molar-refractivity contribution in [3.8, 4) is 5.75 Å². The summed E-state index contributed by atoms with van der Waals surface area (Å²) in [7, 11) is 0. The van der Waals surface area contributed by atoms with Gasteiger partial charge in [-0.15, -0.1) is 0 Å². The van der Waals surface area contributed by atoms with Gasteiger partial charge in [0.1, 0.15) is 5.75 Å². The fourth-order valence-corrected chi connectivity index (χ4v) is 2.51. The number of nitrogens with one attached hydrogen (secondary N) is 1. The second-order valence-electron chi connectivity index (χ2n) is 5.92. The molecule has 4 heteroatoms. The Kier molecular flexibility index (Phi) is 5.09. The number of hydrogen-bond donors (Lipinski definition) is 1. The highest BCUT2D eigenvalue weighted by Crippen LogP contribution is 2.21. The molecule has 126 valence electrons. The maximum Gasteiger partial charge on any atom is 0.280 e. The van der Waals surface area contributed by atoms with Crippen LogP contribution in [0.3, 0.4) is 0 Å². The van der Waals surface area contributed by atoms with Gasteiger partial charge in [0.25, 0.3) is 5.91 Å². The van der Waals surface area contributed by atoms with Crippen molar-refractivity contribution in [1.29, 1.82) is 0 Å². The third-order valence-electron chi connectivity index (χ3n) is 3.83. The van der Waals surface area contributed by atoms with Crippen molar-refractivity contribution in [3.63, 3.8) is 0 Å². The number of hydrazone groups is 1. The van der Waals surface area contributed by atoms with Crippen LogP contribution in [0.25, 0.3) is 10.8 Å². The lowest BCUT2D eigenvalue weighted by atomic mass is 10.1. The second kappa shape index (κ2) is 7.62. The minimum Gasteiger partial charge on any atom is -0.481 e. The predicted octanol–water partition coefficient (Wildman–Crippen LogP) is 4.07. The zero-order valence-corrected chi connectivity index (χ0v) is 14.3. The Bertz CT molecular complexity index is 918. The molecule has 3 aromatic rings. The van der Waals surface area contributed by atoms with Crippen LogP contribution in [0, 0.1) is 6.92 Å². The topological polar surface area (TPSA) is 50.7 Å². The first-order chi connectivity index (χ1) is 12.1. The van der Waals surface area contributed by atoms with Gasteiger partial charge in [-0.25, -0.2) is 5.43 Å². The summed E-state index contributed by atoms with van der Waals surface area (Å²) in [6.07, 6.45) is 0.976. The average molecular weight is 332 g/mol. The van der Waals surface area contributed by atoms with E-state index in [1.54, 1.807) is 13.1 Å². The molecule has 0 aliphatic rings. The molecule has 0 heterocycles. The third kappa shape index (κ3) is 4.44. The van der Waals surface area contributed by atoms with Crippen molar-refractivity contribution >= 4 is 22.9 Å². The molecule has 0 spiro atoms. The van der Waals surface area contributed by atoms with Gasteiger partial charge in [0.15, 0.2) is 6.10 Å². The molecular weight excluding hydrogens is 312 g/mol. The van der Waals surface area contributed by atoms with Crippen LogP contribution in [0.2, 0.25) is 0 Å². The molecule has 0 radical (unpaired) electrons. The summed E-state index contributed by atoms with van der Waals surface area (Å²) < 4.78 is 5.72. The number of carbonyl (C=O) groups is 1. The lowest BCUT2D eigenvalue weighted by molar-refractivity contribution is -0.127. The standard InChI is InChI=1S/C21H20N2O2/c1-15-6-5-7-17(12-15)14-22-23-21(24)16(2)25-20-11-10-18-8-3-4-9-19(18)13-20/h3-14,16H,1-2H3,(H,23,24)/b22-14-/t16-/m0/s1. The van der Waals surface area contributed by atoms with Crippen LogP contribution >= 0.6 is 0 Å². The molecule has 0 unspecified atom stereocenters. The van der Waals surface area contributed by atoms with E-state index < -0.39 is 6.10 Å². The molecule has 3 rings (SSSR count). The van der Waals surface area contributed by atoms with Gasteiger partial charge in [0.2, 0.25) is 0 Å². The Balaban J connectivity index is 1.59. The van der Waals surface area contributed by atoms with Gasteiger partial charge in [0, 0.05) is 0 Å². The second-order valence-corrected chi connectivity index (χ2v) is 5.92. The first-order valence-corrected chi connectivity index (χ1v) is 8.17. The van der Waals surface area contributed by atoms with Gasteiger partial charge in [-0.2, -0.15) is 5.10 Å². The maximum atomic E-state index is 12.1. The van der Waals surface area contributed by atoms with Crippen molar-refractivity contribution in [1.82, 2.24) is 5.43 Å².